The molecule has 8 nitrogen and oxygen atoms in total. The van der Waals surface area contributed by atoms with Gasteiger partial charge in [0.15, 0.2) is 0 Å². The van der Waals surface area contributed by atoms with Crippen molar-refractivity contribution >= 4 is 11.9 Å². The van der Waals surface area contributed by atoms with Gasteiger partial charge in [0, 0.05) is 24.1 Å². The molecule has 0 aliphatic heterocycles. The molecule has 1 heterocycles. The van der Waals surface area contributed by atoms with Gasteiger partial charge in [-0.25, -0.2) is 4.68 Å². The predicted octanol–water partition coefficient (Wildman–Crippen LogP) is -0.704. The number of hydrogen-bond donors (Lipinski definition) is 3. The maximum absolute atomic E-state index is 11.8. The van der Waals surface area contributed by atoms with Crippen LogP contribution in [0.2, 0.25) is 0 Å². The molecular formula is C12H17N3O5. The minimum atomic E-state index is -0.948. The van der Waals surface area contributed by atoms with Gasteiger partial charge in [-0.15, -0.1) is 0 Å². The largest absolute Gasteiger partial charge is 0.481 e. The van der Waals surface area contributed by atoms with Crippen LogP contribution < -0.4 is 16.4 Å². The molecule has 0 saturated carbocycles. The second-order valence-corrected chi connectivity index (χ2v) is 5.06. The molecule has 1 aromatic rings. The third-order valence-electron chi connectivity index (χ3n) is 2.63. The fourth-order valence-electron chi connectivity index (χ4n) is 1.62. The van der Waals surface area contributed by atoms with E-state index in [1.165, 1.54) is 0 Å². The first-order valence-electron chi connectivity index (χ1n) is 6.02. The zero-order valence-electron chi connectivity index (χ0n) is 11.3. The zero-order valence-corrected chi connectivity index (χ0v) is 11.3. The van der Waals surface area contributed by atoms with Crippen molar-refractivity contribution in [1.82, 2.24) is 15.1 Å². The van der Waals surface area contributed by atoms with Crippen molar-refractivity contribution in [3.05, 3.63) is 32.8 Å². The number of H-pyrrole nitrogens is 1. The Balaban J connectivity index is 2.67. The third-order valence-corrected chi connectivity index (χ3v) is 2.63. The lowest BCUT2D eigenvalue weighted by molar-refractivity contribution is -0.137. The molecular weight excluding hydrogens is 266 g/mol. The summed E-state index contributed by atoms with van der Waals surface area (Å²) in [4.78, 5) is 44.8. The zero-order chi connectivity index (χ0) is 15.3. The molecule has 0 saturated heterocycles. The molecule has 0 unspecified atom stereocenters. The maximum atomic E-state index is 11.8. The van der Waals surface area contributed by atoms with Crippen molar-refractivity contribution in [3.63, 3.8) is 0 Å². The highest BCUT2D eigenvalue weighted by atomic mass is 16.4. The Morgan fingerprint density at radius 2 is 2.00 bits per heavy atom. The predicted molar refractivity (Wildman–Crippen MR) is 70.4 cm³/mol. The van der Waals surface area contributed by atoms with Gasteiger partial charge >= 0.3 is 5.97 Å². The van der Waals surface area contributed by atoms with E-state index in [1.807, 2.05) is 0 Å². The Bertz CT molecular complexity index is 614. The molecule has 0 aliphatic carbocycles. The first-order chi connectivity index (χ1) is 9.19. The van der Waals surface area contributed by atoms with Crippen molar-refractivity contribution in [2.45, 2.75) is 38.8 Å². The normalized spacial score (nSPS) is 11.1. The van der Waals surface area contributed by atoms with Crippen LogP contribution >= 0.6 is 0 Å². The van der Waals surface area contributed by atoms with Gasteiger partial charge in [0.05, 0.1) is 0 Å². The van der Waals surface area contributed by atoms with Gasteiger partial charge in [-0.1, -0.05) is 0 Å². The second kappa shape index (κ2) is 6.18. The number of aliphatic carboxylic acids is 1. The summed E-state index contributed by atoms with van der Waals surface area (Å²) in [6.07, 6.45) is 0.184. The van der Waals surface area contributed by atoms with Crippen LogP contribution in [0.4, 0.5) is 0 Å². The molecule has 1 amide bonds. The number of carboxylic acid groups (broad SMARTS) is 1. The van der Waals surface area contributed by atoms with E-state index in [9.17, 15) is 19.2 Å². The Kier molecular flexibility index (Phi) is 4.84. The van der Waals surface area contributed by atoms with Gasteiger partial charge in [-0.2, -0.15) is 0 Å². The number of carbonyl (C=O) groups is 2. The van der Waals surface area contributed by atoms with E-state index in [0.29, 0.717) is 0 Å². The minimum absolute atomic E-state index is 0.0740. The van der Waals surface area contributed by atoms with Crippen LogP contribution in [-0.2, 0) is 16.1 Å². The molecule has 0 bridgehead atoms. The van der Waals surface area contributed by atoms with Crippen LogP contribution in [0.1, 0.15) is 26.7 Å². The molecule has 0 atom stereocenters. The monoisotopic (exact) mass is 283 g/mol. The van der Waals surface area contributed by atoms with Crippen LogP contribution in [0, 0.1) is 0 Å². The molecule has 1 aromatic heterocycles. The summed E-state index contributed by atoms with van der Waals surface area (Å²) >= 11 is 0. The van der Waals surface area contributed by atoms with E-state index in [2.05, 4.69) is 10.4 Å². The number of nitrogens with one attached hydrogen (secondary N) is 2. The van der Waals surface area contributed by atoms with E-state index in [-0.39, 0.29) is 19.4 Å². The number of amides is 1. The van der Waals surface area contributed by atoms with Gasteiger partial charge in [0.1, 0.15) is 6.54 Å². The van der Waals surface area contributed by atoms with Crippen LogP contribution in [0.3, 0.4) is 0 Å². The van der Waals surface area contributed by atoms with Crippen molar-refractivity contribution in [2.24, 2.45) is 0 Å². The first-order valence-corrected chi connectivity index (χ1v) is 6.02. The number of aromatic amines is 1. The summed E-state index contributed by atoms with van der Waals surface area (Å²) < 4.78 is 0.894. The van der Waals surface area contributed by atoms with Crippen LogP contribution in [0.25, 0.3) is 0 Å². The van der Waals surface area contributed by atoms with E-state index in [4.69, 9.17) is 5.11 Å². The first kappa shape index (κ1) is 15.7. The SMILES string of the molecule is CC(C)(CCC(=O)O)NC(=O)Cn1[nH]c(=O)ccc1=O. The van der Waals surface area contributed by atoms with Crippen LogP contribution in [0.15, 0.2) is 21.7 Å². The standard InChI is InChI=1S/C12H17N3O5/c1-12(2,6-5-11(19)20)13-9(17)7-15-10(18)4-3-8(16)14-15/h3-4H,5-7H2,1-2H3,(H,13,17)(H,14,16)(H,19,20). The molecule has 3 N–H and O–H groups in total. The quantitative estimate of drug-likeness (QED) is 0.637. The van der Waals surface area contributed by atoms with Gasteiger partial charge in [-0.3, -0.25) is 24.3 Å². The van der Waals surface area contributed by atoms with Crippen molar-refractivity contribution in [1.29, 1.82) is 0 Å². The van der Waals surface area contributed by atoms with E-state index < -0.39 is 28.5 Å². The number of carbonyl (C=O) groups excluding carboxylic acids is 1. The molecule has 8 heteroatoms. The molecule has 0 spiro atoms. The summed E-state index contributed by atoms with van der Waals surface area (Å²) in [5, 5.41) is 13.5. The lowest BCUT2D eigenvalue weighted by atomic mass is 9.98. The molecule has 0 aromatic carbocycles. The number of hydrogen-bond acceptors (Lipinski definition) is 4. The average Bonchev–Trinajstić information content (AvgIpc) is 2.31. The molecule has 20 heavy (non-hydrogen) atoms. The van der Waals surface area contributed by atoms with Crippen LogP contribution in [-0.4, -0.2) is 32.3 Å². The highest BCUT2D eigenvalue weighted by Gasteiger charge is 2.21. The Hall–Kier alpha value is -2.38. The number of aromatic nitrogens is 2. The summed E-state index contributed by atoms with van der Waals surface area (Å²) in [5.41, 5.74) is -1.70. The highest BCUT2D eigenvalue weighted by molar-refractivity contribution is 5.76. The lowest BCUT2D eigenvalue weighted by Gasteiger charge is -2.25. The Morgan fingerprint density at radius 3 is 2.60 bits per heavy atom. The minimum Gasteiger partial charge on any atom is -0.481 e. The summed E-state index contributed by atoms with van der Waals surface area (Å²) in [5.74, 6) is -1.43. The van der Waals surface area contributed by atoms with Crippen molar-refractivity contribution < 1.29 is 14.7 Å². The smallest absolute Gasteiger partial charge is 0.303 e. The third kappa shape index (κ3) is 5.09. The van der Waals surface area contributed by atoms with E-state index in [1.54, 1.807) is 13.8 Å². The van der Waals surface area contributed by atoms with Crippen LogP contribution in [0.5, 0.6) is 0 Å². The average molecular weight is 283 g/mol. The molecule has 0 fully saturated rings. The summed E-state index contributed by atoms with van der Waals surface area (Å²) in [6, 6.07) is 2.15. The van der Waals surface area contributed by atoms with Gasteiger partial charge in [0.25, 0.3) is 11.1 Å². The molecule has 0 radical (unpaired) electrons. The van der Waals surface area contributed by atoms with Crippen molar-refractivity contribution in [2.75, 3.05) is 0 Å². The maximum Gasteiger partial charge on any atom is 0.303 e. The summed E-state index contributed by atoms with van der Waals surface area (Å²) in [6.45, 7) is 3.04. The molecule has 0 aliphatic rings. The van der Waals surface area contributed by atoms with Crippen molar-refractivity contribution in [3.8, 4) is 0 Å². The number of rotatable bonds is 6. The Labute approximate surface area is 114 Å². The Morgan fingerprint density at radius 1 is 1.35 bits per heavy atom. The van der Waals surface area contributed by atoms with Gasteiger partial charge in [-0.05, 0) is 20.3 Å². The highest BCUT2D eigenvalue weighted by Crippen LogP contribution is 2.10. The topological polar surface area (TPSA) is 121 Å². The van der Waals surface area contributed by atoms with E-state index >= 15 is 0 Å². The number of nitrogens with zero attached hydrogens (tertiary/aromatic N) is 1. The summed E-state index contributed by atoms with van der Waals surface area (Å²) in [7, 11) is 0. The van der Waals surface area contributed by atoms with Gasteiger partial charge in [0.2, 0.25) is 5.91 Å². The molecule has 1 rings (SSSR count). The van der Waals surface area contributed by atoms with E-state index in [0.717, 1.165) is 16.8 Å². The lowest BCUT2D eigenvalue weighted by Crippen LogP contribution is -2.46. The fraction of sp³-hybridized carbons (Fsp3) is 0.500. The second-order valence-electron chi connectivity index (χ2n) is 5.06. The number of carboxylic acids is 1. The molecule has 110 valence electrons. The van der Waals surface area contributed by atoms with Gasteiger partial charge < -0.3 is 10.4 Å². The fourth-order valence-corrected chi connectivity index (χ4v) is 1.62.